The molecule has 262 valence electrons. The summed E-state index contributed by atoms with van der Waals surface area (Å²) in [6.07, 6.45) is 1.25. The quantitative estimate of drug-likeness (QED) is 0.127. The van der Waals surface area contributed by atoms with Crippen LogP contribution in [-0.2, 0) is 32.0 Å². The van der Waals surface area contributed by atoms with Crippen LogP contribution in [0.2, 0.25) is 25.7 Å². The number of hydrogen-bond donors (Lipinski definition) is 3. The third kappa shape index (κ3) is 8.89. The van der Waals surface area contributed by atoms with E-state index in [-0.39, 0.29) is 11.8 Å². The SMILES string of the molecule is C[Si](C)(C)CCOCn1c(-c2ccc(NS(=O)(=O)Cc3cccc(N4CC[C@@H](NC(=O)O)C4)c3)cc2)cc2c(N3CCOCC3)ncnc21. The number of hydrogen-bond acceptors (Lipinski definition) is 9. The van der Waals surface area contributed by atoms with Gasteiger partial charge in [-0.2, -0.15) is 0 Å². The molecule has 49 heavy (non-hydrogen) atoms. The summed E-state index contributed by atoms with van der Waals surface area (Å²) in [7, 11) is -4.99. The molecule has 3 N–H and O–H groups in total. The molecule has 15 heteroatoms. The Balaban J connectivity index is 1.19. The Morgan fingerprint density at radius 2 is 1.82 bits per heavy atom. The second-order valence-corrected chi connectivity index (χ2v) is 21.2. The van der Waals surface area contributed by atoms with Gasteiger partial charge in [0, 0.05) is 52.2 Å². The molecule has 0 spiro atoms. The van der Waals surface area contributed by atoms with Gasteiger partial charge in [0.15, 0.2) is 0 Å². The third-order valence-corrected chi connectivity index (χ3v) is 11.8. The second-order valence-electron chi connectivity index (χ2n) is 13.8. The molecule has 4 aromatic rings. The highest BCUT2D eigenvalue weighted by Crippen LogP contribution is 2.33. The number of benzene rings is 2. The van der Waals surface area contributed by atoms with Crippen molar-refractivity contribution in [1.29, 1.82) is 0 Å². The van der Waals surface area contributed by atoms with E-state index >= 15 is 0 Å². The van der Waals surface area contributed by atoms with E-state index in [1.807, 2.05) is 30.3 Å². The van der Waals surface area contributed by atoms with Gasteiger partial charge in [0.1, 0.15) is 24.5 Å². The second kappa shape index (κ2) is 14.7. The lowest BCUT2D eigenvalue weighted by Crippen LogP contribution is -2.36. The number of nitrogens with zero attached hydrogens (tertiary/aromatic N) is 5. The summed E-state index contributed by atoms with van der Waals surface area (Å²) in [6.45, 7) is 12.0. The molecule has 1 amide bonds. The van der Waals surface area contributed by atoms with Crippen molar-refractivity contribution in [3.63, 3.8) is 0 Å². The number of carboxylic acid groups (broad SMARTS) is 1. The van der Waals surface area contributed by atoms with Crippen molar-refractivity contribution < 1.29 is 27.8 Å². The number of fused-ring (bicyclic) bond motifs is 1. The van der Waals surface area contributed by atoms with E-state index < -0.39 is 24.2 Å². The van der Waals surface area contributed by atoms with Crippen molar-refractivity contribution in [3.8, 4) is 11.3 Å². The van der Waals surface area contributed by atoms with Crippen LogP contribution in [0.4, 0.5) is 22.0 Å². The molecule has 6 rings (SSSR count). The molecule has 0 aliphatic carbocycles. The van der Waals surface area contributed by atoms with Crippen LogP contribution in [0, 0.1) is 0 Å². The number of amides is 1. The largest absolute Gasteiger partial charge is 0.465 e. The van der Waals surface area contributed by atoms with Crippen molar-refractivity contribution in [3.05, 3.63) is 66.5 Å². The van der Waals surface area contributed by atoms with Gasteiger partial charge in [0.25, 0.3) is 0 Å². The molecule has 13 nitrogen and oxygen atoms in total. The minimum absolute atomic E-state index is 0.155. The first kappa shape index (κ1) is 34.7. The van der Waals surface area contributed by atoms with Crippen molar-refractivity contribution in [2.45, 2.75) is 50.6 Å². The van der Waals surface area contributed by atoms with Gasteiger partial charge in [-0.3, -0.25) is 4.72 Å². The van der Waals surface area contributed by atoms with Crippen molar-refractivity contribution in [2.75, 3.05) is 60.5 Å². The number of rotatable bonds is 13. The molecule has 2 aliphatic heterocycles. The number of morpholine rings is 1. The molecule has 2 fully saturated rings. The van der Waals surface area contributed by atoms with Gasteiger partial charge in [-0.25, -0.2) is 23.2 Å². The highest BCUT2D eigenvalue weighted by Gasteiger charge is 2.25. The van der Waals surface area contributed by atoms with E-state index in [4.69, 9.17) is 14.6 Å². The summed E-state index contributed by atoms with van der Waals surface area (Å²) < 4.78 is 43.1. The standard InChI is InChI=1S/C34H45N7O6SSi/c1-49(2,3)18-17-47-24-41-31(20-30-32(35-23-36-33(30)41)39-13-15-46-16-14-39)26-7-9-27(10-8-26)38-48(44,45)22-25-5-4-6-29(19-25)40-12-11-28(21-40)37-34(42)43/h4-10,19-20,23,28,37-38H,11-18,21-22,24H2,1-3H3,(H,42,43)/t28-/m1/s1. The first-order valence-corrected chi connectivity index (χ1v) is 22.0. The number of ether oxygens (including phenoxy) is 2. The third-order valence-electron chi connectivity index (χ3n) is 8.80. The fourth-order valence-corrected chi connectivity index (χ4v) is 8.20. The minimum atomic E-state index is -3.72. The van der Waals surface area contributed by atoms with Gasteiger partial charge in [0.05, 0.1) is 36.1 Å². The maximum atomic E-state index is 13.3. The Hall–Kier alpha value is -4.18. The number of nitrogens with one attached hydrogen (secondary N) is 2. The molecule has 0 bridgehead atoms. The fraction of sp³-hybridized carbons (Fsp3) is 0.441. The predicted molar refractivity (Wildman–Crippen MR) is 195 cm³/mol. The number of aromatic nitrogens is 3. The molecule has 2 aliphatic rings. The van der Waals surface area contributed by atoms with Crippen LogP contribution in [-0.4, -0.2) is 94.3 Å². The molecule has 2 aromatic heterocycles. The Morgan fingerprint density at radius 3 is 2.55 bits per heavy atom. The van der Waals surface area contributed by atoms with Crippen LogP contribution >= 0.6 is 0 Å². The van der Waals surface area contributed by atoms with Crippen LogP contribution in [0.3, 0.4) is 0 Å². The van der Waals surface area contributed by atoms with Crippen LogP contribution in [0.25, 0.3) is 22.3 Å². The van der Waals surface area contributed by atoms with Gasteiger partial charge in [-0.15, -0.1) is 0 Å². The summed E-state index contributed by atoms with van der Waals surface area (Å²) in [6, 6.07) is 17.7. The van der Waals surface area contributed by atoms with Gasteiger partial charge in [0.2, 0.25) is 10.0 Å². The number of anilines is 3. The normalized spacial score (nSPS) is 17.1. The van der Waals surface area contributed by atoms with Crippen LogP contribution < -0.4 is 19.8 Å². The summed E-state index contributed by atoms with van der Waals surface area (Å²) in [4.78, 5) is 24.6. The first-order valence-electron chi connectivity index (χ1n) is 16.6. The zero-order valence-corrected chi connectivity index (χ0v) is 30.1. The van der Waals surface area contributed by atoms with E-state index in [2.05, 4.69) is 60.1 Å². The van der Waals surface area contributed by atoms with Gasteiger partial charge in [-0.05, 0) is 53.9 Å². The van der Waals surface area contributed by atoms with Gasteiger partial charge >= 0.3 is 6.09 Å². The fourth-order valence-electron chi connectivity index (χ4n) is 6.26. The predicted octanol–water partition coefficient (Wildman–Crippen LogP) is 5.04. The number of carbonyl (C=O) groups is 1. The maximum Gasteiger partial charge on any atom is 0.404 e. The molecular weight excluding hydrogens is 663 g/mol. The molecule has 2 aromatic carbocycles. The van der Waals surface area contributed by atoms with Gasteiger partial charge < -0.3 is 34.3 Å². The highest BCUT2D eigenvalue weighted by molar-refractivity contribution is 7.91. The van der Waals surface area contributed by atoms with E-state index in [9.17, 15) is 13.2 Å². The van der Waals surface area contributed by atoms with Gasteiger partial charge in [-0.1, -0.05) is 43.9 Å². The summed E-state index contributed by atoms with van der Waals surface area (Å²) in [5.41, 5.74) is 4.57. The summed E-state index contributed by atoms with van der Waals surface area (Å²) in [5, 5.41) is 12.5. The Labute approximate surface area is 288 Å². The summed E-state index contributed by atoms with van der Waals surface area (Å²) in [5.74, 6) is 0.671. The molecular formula is C34H45N7O6SSi. The molecule has 1 atom stereocenters. The molecule has 0 radical (unpaired) electrons. The molecule has 0 unspecified atom stereocenters. The van der Waals surface area contributed by atoms with Crippen molar-refractivity contribution in [2.24, 2.45) is 0 Å². The zero-order chi connectivity index (χ0) is 34.6. The van der Waals surface area contributed by atoms with E-state index in [1.54, 1.807) is 24.5 Å². The van der Waals surface area contributed by atoms with Crippen LogP contribution in [0.5, 0.6) is 0 Å². The van der Waals surface area contributed by atoms with E-state index in [0.717, 1.165) is 52.9 Å². The zero-order valence-electron chi connectivity index (χ0n) is 28.3. The Kier molecular flexibility index (Phi) is 10.4. The number of sulfonamides is 1. The van der Waals surface area contributed by atoms with Crippen LogP contribution in [0.15, 0.2) is 60.9 Å². The molecule has 0 saturated carbocycles. The van der Waals surface area contributed by atoms with E-state index in [1.165, 1.54) is 0 Å². The topological polar surface area (TPSA) is 151 Å². The minimum Gasteiger partial charge on any atom is -0.465 e. The van der Waals surface area contributed by atoms with Crippen molar-refractivity contribution >= 4 is 52.4 Å². The molecule has 4 heterocycles. The lowest BCUT2D eigenvalue weighted by atomic mass is 10.1. The van der Waals surface area contributed by atoms with E-state index in [0.29, 0.717) is 57.3 Å². The van der Waals surface area contributed by atoms with Crippen LogP contribution in [0.1, 0.15) is 12.0 Å². The lowest BCUT2D eigenvalue weighted by Gasteiger charge is -2.28. The highest BCUT2D eigenvalue weighted by atomic mass is 32.2. The molecule has 2 saturated heterocycles. The average molecular weight is 708 g/mol. The summed E-state index contributed by atoms with van der Waals surface area (Å²) >= 11 is 0. The average Bonchev–Trinajstić information content (AvgIpc) is 3.67. The Morgan fingerprint density at radius 1 is 1.04 bits per heavy atom. The van der Waals surface area contributed by atoms with Crippen molar-refractivity contribution in [1.82, 2.24) is 19.9 Å². The smallest absolute Gasteiger partial charge is 0.404 e. The monoisotopic (exact) mass is 707 g/mol. The lowest BCUT2D eigenvalue weighted by molar-refractivity contribution is 0.0909. The maximum absolute atomic E-state index is 13.3. The first-order chi connectivity index (χ1) is 23.4. The Bertz CT molecular complexity index is 1870.